The molecule has 2 aromatic heterocycles. The molecule has 0 unspecified atom stereocenters. The highest BCUT2D eigenvalue weighted by Gasteiger charge is 2.31. The van der Waals surface area contributed by atoms with Gasteiger partial charge in [0.25, 0.3) is 5.91 Å². The van der Waals surface area contributed by atoms with Gasteiger partial charge in [0.1, 0.15) is 5.56 Å². The standard InChI is InChI=1S/C21H17F3N4O4/c1-12-17(10-26-28(12)18-7-6-15(9-25-18)21(22,23)24)20(31)32-11-19(30)27-16-5-3-4-14(8-16)13(2)29/h3-10H,11H2,1-2H3,(H,27,30). The summed E-state index contributed by atoms with van der Waals surface area (Å²) in [5, 5.41) is 6.48. The molecule has 0 spiro atoms. The molecule has 0 radical (unpaired) electrons. The largest absolute Gasteiger partial charge is 0.452 e. The van der Waals surface area contributed by atoms with E-state index in [-0.39, 0.29) is 22.9 Å². The van der Waals surface area contributed by atoms with Crippen molar-refractivity contribution in [3.63, 3.8) is 0 Å². The molecule has 8 nitrogen and oxygen atoms in total. The third kappa shape index (κ3) is 5.17. The van der Waals surface area contributed by atoms with Crippen molar-refractivity contribution in [2.75, 3.05) is 11.9 Å². The minimum atomic E-state index is -4.52. The molecule has 1 amide bonds. The molecule has 0 atom stereocenters. The fourth-order valence-electron chi connectivity index (χ4n) is 2.74. The van der Waals surface area contributed by atoms with Crippen molar-refractivity contribution in [1.29, 1.82) is 0 Å². The van der Waals surface area contributed by atoms with Crippen molar-refractivity contribution in [3.05, 3.63) is 71.2 Å². The highest BCUT2D eigenvalue weighted by Crippen LogP contribution is 2.28. The number of carbonyl (C=O) groups is 3. The van der Waals surface area contributed by atoms with Crippen LogP contribution in [0.3, 0.4) is 0 Å². The number of hydrogen-bond acceptors (Lipinski definition) is 6. The van der Waals surface area contributed by atoms with Gasteiger partial charge < -0.3 is 10.1 Å². The maximum Gasteiger partial charge on any atom is 0.417 e. The summed E-state index contributed by atoms with van der Waals surface area (Å²) in [5.41, 5.74) is 0.177. The van der Waals surface area contributed by atoms with E-state index in [9.17, 15) is 27.6 Å². The Labute approximate surface area is 180 Å². The summed E-state index contributed by atoms with van der Waals surface area (Å²) < 4.78 is 44.2. The SMILES string of the molecule is CC(=O)c1cccc(NC(=O)COC(=O)c2cnn(-c3ccc(C(F)(F)F)cn3)c2C)c1. The molecule has 0 aliphatic heterocycles. The first-order valence-corrected chi connectivity index (χ1v) is 9.22. The number of carbonyl (C=O) groups excluding carboxylic acids is 3. The summed E-state index contributed by atoms with van der Waals surface area (Å²) in [6, 6.07) is 8.26. The van der Waals surface area contributed by atoms with Crippen molar-refractivity contribution in [1.82, 2.24) is 14.8 Å². The third-order valence-electron chi connectivity index (χ3n) is 4.41. The number of esters is 1. The predicted octanol–water partition coefficient (Wildman–Crippen LogP) is 3.59. The molecule has 0 fully saturated rings. The number of anilines is 1. The van der Waals surface area contributed by atoms with E-state index in [1.54, 1.807) is 18.2 Å². The van der Waals surface area contributed by atoms with Gasteiger partial charge in [0.2, 0.25) is 0 Å². The number of aromatic nitrogens is 3. The molecule has 0 bridgehead atoms. The van der Waals surface area contributed by atoms with Crippen molar-refractivity contribution in [3.8, 4) is 5.82 Å². The quantitative estimate of drug-likeness (QED) is 0.459. The molecule has 2 heterocycles. The molecule has 0 aliphatic rings. The summed E-state index contributed by atoms with van der Waals surface area (Å²) in [6.45, 7) is 2.31. The van der Waals surface area contributed by atoms with E-state index < -0.39 is 30.2 Å². The fraction of sp³-hybridized carbons (Fsp3) is 0.190. The van der Waals surface area contributed by atoms with Crippen LogP contribution in [0.5, 0.6) is 0 Å². The fourth-order valence-corrected chi connectivity index (χ4v) is 2.74. The number of alkyl halides is 3. The van der Waals surface area contributed by atoms with Crippen LogP contribution < -0.4 is 5.32 Å². The van der Waals surface area contributed by atoms with Gasteiger partial charge in [-0.3, -0.25) is 9.59 Å². The van der Waals surface area contributed by atoms with Gasteiger partial charge in [-0.05, 0) is 38.1 Å². The summed E-state index contributed by atoms with van der Waals surface area (Å²) in [4.78, 5) is 39.5. The number of hydrogen-bond donors (Lipinski definition) is 1. The Balaban J connectivity index is 1.64. The molecule has 0 saturated heterocycles. The number of pyridine rings is 1. The minimum Gasteiger partial charge on any atom is -0.452 e. The molecular formula is C21H17F3N4O4. The lowest BCUT2D eigenvalue weighted by atomic mass is 10.1. The molecule has 1 N–H and O–H groups in total. The number of nitrogens with zero attached hydrogens (tertiary/aromatic N) is 3. The normalized spacial score (nSPS) is 11.2. The van der Waals surface area contributed by atoms with E-state index >= 15 is 0 Å². The molecule has 0 aliphatic carbocycles. The van der Waals surface area contributed by atoms with E-state index in [0.717, 1.165) is 12.1 Å². The number of ether oxygens (including phenoxy) is 1. The summed E-state index contributed by atoms with van der Waals surface area (Å²) in [7, 11) is 0. The van der Waals surface area contributed by atoms with Gasteiger partial charge in [0, 0.05) is 17.4 Å². The molecular weight excluding hydrogens is 429 g/mol. The monoisotopic (exact) mass is 446 g/mol. The molecule has 11 heteroatoms. The lowest BCUT2D eigenvalue weighted by molar-refractivity contribution is -0.137. The van der Waals surface area contributed by atoms with Crippen LogP contribution >= 0.6 is 0 Å². The Morgan fingerprint density at radius 3 is 2.50 bits per heavy atom. The lowest BCUT2D eigenvalue weighted by Gasteiger charge is -2.09. The Bertz CT molecular complexity index is 1170. The van der Waals surface area contributed by atoms with Gasteiger partial charge in [-0.15, -0.1) is 0 Å². The summed E-state index contributed by atoms with van der Waals surface area (Å²) in [6.07, 6.45) is -2.68. The van der Waals surface area contributed by atoms with Gasteiger partial charge >= 0.3 is 12.1 Å². The lowest BCUT2D eigenvalue weighted by Crippen LogP contribution is -2.21. The second-order valence-electron chi connectivity index (χ2n) is 6.72. The third-order valence-corrected chi connectivity index (χ3v) is 4.41. The zero-order valence-corrected chi connectivity index (χ0v) is 16.9. The van der Waals surface area contributed by atoms with Crippen LogP contribution in [0, 0.1) is 6.92 Å². The van der Waals surface area contributed by atoms with E-state index in [2.05, 4.69) is 15.4 Å². The van der Waals surface area contributed by atoms with Crippen LogP contribution in [-0.4, -0.2) is 39.0 Å². The van der Waals surface area contributed by atoms with E-state index in [0.29, 0.717) is 17.4 Å². The topological polar surface area (TPSA) is 103 Å². The van der Waals surface area contributed by atoms with E-state index in [1.807, 2.05) is 0 Å². The zero-order chi connectivity index (χ0) is 23.5. The second-order valence-corrected chi connectivity index (χ2v) is 6.72. The van der Waals surface area contributed by atoms with Crippen LogP contribution in [-0.2, 0) is 15.7 Å². The van der Waals surface area contributed by atoms with Crippen molar-refractivity contribution >= 4 is 23.3 Å². The molecule has 166 valence electrons. The number of nitrogens with one attached hydrogen (secondary N) is 1. The van der Waals surface area contributed by atoms with E-state index in [1.165, 1.54) is 30.8 Å². The number of ketones is 1. The predicted molar refractivity (Wildman–Crippen MR) is 106 cm³/mol. The van der Waals surface area contributed by atoms with Crippen molar-refractivity contribution in [2.24, 2.45) is 0 Å². The molecule has 3 aromatic rings. The highest BCUT2D eigenvalue weighted by molar-refractivity contribution is 5.98. The molecule has 32 heavy (non-hydrogen) atoms. The first-order valence-electron chi connectivity index (χ1n) is 9.22. The summed E-state index contributed by atoms with van der Waals surface area (Å²) in [5.74, 6) is -1.54. The molecule has 0 saturated carbocycles. The number of Topliss-reactive ketones (excluding diaryl/α,β-unsaturated/α-hetero) is 1. The Hall–Kier alpha value is -4.02. The van der Waals surface area contributed by atoms with Gasteiger partial charge in [0.15, 0.2) is 18.2 Å². The number of halogens is 3. The van der Waals surface area contributed by atoms with Crippen molar-refractivity contribution in [2.45, 2.75) is 20.0 Å². The second kappa shape index (κ2) is 9.00. The van der Waals surface area contributed by atoms with Crippen LogP contribution in [0.2, 0.25) is 0 Å². The van der Waals surface area contributed by atoms with Gasteiger partial charge in [-0.1, -0.05) is 12.1 Å². The minimum absolute atomic E-state index is 0.0260. The average molecular weight is 446 g/mol. The van der Waals surface area contributed by atoms with Crippen LogP contribution in [0.25, 0.3) is 5.82 Å². The molecule has 3 rings (SSSR count). The average Bonchev–Trinajstić information content (AvgIpc) is 3.13. The van der Waals surface area contributed by atoms with Crippen molar-refractivity contribution < 1.29 is 32.3 Å². The maximum atomic E-state index is 12.7. The number of benzene rings is 1. The Kier molecular flexibility index (Phi) is 6.37. The Morgan fingerprint density at radius 1 is 1.12 bits per heavy atom. The summed E-state index contributed by atoms with van der Waals surface area (Å²) >= 11 is 0. The van der Waals surface area contributed by atoms with Gasteiger partial charge in [0.05, 0.1) is 17.5 Å². The zero-order valence-electron chi connectivity index (χ0n) is 16.9. The first kappa shape index (κ1) is 22.7. The number of rotatable bonds is 6. The Morgan fingerprint density at radius 2 is 1.88 bits per heavy atom. The van der Waals surface area contributed by atoms with Gasteiger partial charge in [-0.25, -0.2) is 14.5 Å². The van der Waals surface area contributed by atoms with Crippen LogP contribution in [0.15, 0.2) is 48.8 Å². The van der Waals surface area contributed by atoms with Crippen LogP contribution in [0.4, 0.5) is 18.9 Å². The first-order chi connectivity index (χ1) is 15.1. The van der Waals surface area contributed by atoms with Crippen LogP contribution in [0.1, 0.15) is 38.9 Å². The number of amides is 1. The van der Waals surface area contributed by atoms with Gasteiger partial charge in [-0.2, -0.15) is 18.3 Å². The smallest absolute Gasteiger partial charge is 0.417 e. The highest BCUT2D eigenvalue weighted by atomic mass is 19.4. The molecule has 1 aromatic carbocycles. The maximum absolute atomic E-state index is 12.7. The van der Waals surface area contributed by atoms with E-state index in [4.69, 9.17) is 4.74 Å².